The maximum absolute atomic E-state index is 5.59. The van der Waals surface area contributed by atoms with E-state index in [0.29, 0.717) is 5.82 Å². The van der Waals surface area contributed by atoms with Crippen LogP contribution in [0.2, 0.25) is 0 Å². The van der Waals surface area contributed by atoms with E-state index in [1.54, 1.807) is 0 Å². The van der Waals surface area contributed by atoms with Crippen molar-refractivity contribution in [3.63, 3.8) is 0 Å². The minimum Gasteiger partial charge on any atom is -0.309 e. The summed E-state index contributed by atoms with van der Waals surface area (Å²) in [5.41, 5.74) is 16.0. The first-order valence-electron chi connectivity index (χ1n) is 24.1. The van der Waals surface area contributed by atoms with Crippen LogP contribution in [0.5, 0.6) is 0 Å². The molecule has 0 saturated carbocycles. The van der Waals surface area contributed by atoms with E-state index in [9.17, 15) is 0 Å². The molecule has 16 rings (SSSR count). The van der Waals surface area contributed by atoms with Crippen molar-refractivity contribution in [3.05, 3.63) is 231 Å². The molecule has 0 aliphatic heterocycles. The highest BCUT2D eigenvalue weighted by Gasteiger charge is 2.25. The molecule has 4 heteroatoms. The van der Waals surface area contributed by atoms with Crippen molar-refractivity contribution in [2.75, 3.05) is 0 Å². The molecule has 4 nitrogen and oxygen atoms in total. The van der Waals surface area contributed by atoms with E-state index in [1.807, 2.05) is 0 Å². The first-order chi connectivity index (χ1) is 34.7. The molecule has 0 unspecified atom stereocenters. The van der Waals surface area contributed by atoms with Gasteiger partial charge in [-0.15, -0.1) is 0 Å². The van der Waals surface area contributed by atoms with E-state index in [1.165, 1.54) is 87.1 Å². The molecular formula is C66H38N4. The Morgan fingerprint density at radius 3 is 1.79 bits per heavy atom. The van der Waals surface area contributed by atoms with Crippen LogP contribution >= 0.6 is 0 Å². The first kappa shape index (κ1) is 37.7. The summed E-state index contributed by atoms with van der Waals surface area (Å²) in [7, 11) is 0. The Bertz CT molecular complexity index is 4750. The molecule has 0 spiro atoms. The zero-order valence-corrected chi connectivity index (χ0v) is 37.7. The number of para-hydroxylation sites is 3. The lowest BCUT2D eigenvalue weighted by atomic mass is 9.95. The van der Waals surface area contributed by atoms with Gasteiger partial charge in [-0.25, -0.2) is 9.97 Å². The van der Waals surface area contributed by atoms with E-state index in [-0.39, 0.29) is 0 Å². The number of aromatic nitrogens is 4. The Kier molecular flexibility index (Phi) is 7.58. The second-order valence-electron chi connectivity index (χ2n) is 18.9. The molecule has 0 fully saturated rings. The normalized spacial score (nSPS) is 12.3. The molecule has 0 amide bonds. The van der Waals surface area contributed by atoms with E-state index < -0.39 is 0 Å². The molecule has 1 aliphatic carbocycles. The topological polar surface area (TPSA) is 35.6 Å². The monoisotopic (exact) mass is 886 g/mol. The van der Waals surface area contributed by atoms with Gasteiger partial charge >= 0.3 is 0 Å². The summed E-state index contributed by atoms with van der Waals surface area (Å²) in [6, 6.07) is 84.5. The summed E-state index contributed by atoms with van der Waals surface area (Å²) in [4.78, 5) is 10.9. The van der Waals surface area contributed by atoms with E-state index in [2.05, 4.69) is 240 Å². The number of benzene rings is 12. The lowest BCUT2D eigenvalue weighted by Gasteiger charge is -2.16. The highest BCUT2D eigenvalue weighted by atomic mass is 15.0. The maximum atomic E-state index is 5.59. The number of nitrogens with zero attached hydrogens (tertiary/aromatic N) is 4. The van der Waals surface area contributed by atoms with E-state index in [4.69, 9.17) is 9.97 Å². The quantitative estimate of drug-likeness (QED) is 0.176. The largest absolute Gasteiger partial charge is 0.309 e. The minimum atomic E-state index is 0.696. The molecule has 0 bridgehead atoms. The minimum absolute atomic E-state index is 0.696. The summed E-state index contributed by atoms with van der Waals surface area (Å²) < 4.78 is 4.91. The van der Waals surface area contributed by atoms with Crippen LogP contribution in [0.4, 0.5) is 0 Å². The van der Waals surface area contributed by atoms with Crippen molar-refractivity contribution in [3.8, 4) is 56.3 Å². The van der Waals surface area contributed by atoms with Gasteiger partial charge in [-0.3, -0.25) is 0 Å². The van der Waals surface area contributed by atoms with Crippen LogP contribution in [-0.2, 0) is 0 Å². The van der Waals surface area contributed by atoms with Crippen molar-refractivity contribution < 1.29 is 0 Å². The Morgan fingerprint density at radius 2 is 0.929 bits per heavy atom. The van der Waals surface area contributed by atoms with Gasteiger partial charge in [-0.2, -0.15) is 0 Å². The van der Waals surface area contributed by atoms with Crippen molar-refractivity contribution in [1.82, 2.24) is 19.1 Å². The predicted molar refractivity (Wildman–Crippen MR) is 294 cm³/mol. The summed E-state index contributed by atoms with van der Waals surface area (Å²) in [6.07, 6.45) is 0. The lowest BCUT2D eigenvalue weighted by Crippen LogP contribution is -1.99. The van der Waals surface area contributed by atoms with Crippen LogP contribution in [0.1, 0.15) is 0 Å². The standard InChI is InChI=1S/C66H38N4/c1-4-17-46-39(14-1)29-33-60-64(46)55-22-9-12-27-59(55)69(60)44-30-28-40-36-56-49-20-8-11-26-58(49)70(62(56)37-42(40)35-44)61-38-43(34-41-15-2-3-16-45(41)61)66-67-57-25-10-7-21-54(57)65(68-66)53-32-31-52-48-19-6-5-18-47(48)50-23-13-24-51(53)63(50)52/h1-38H. The van der Waals surface area contributed by atoms with Gasteiger partial charge in [-0.1, -0.05) is 170 Å². The second-order valence-corrected chi connectivity index (χ2v) is 18.9. The maximum Gasteiger partial charge on any atom is 0.160 e. The van der Waals surface area contributed by atoms with E-state index in [0.717, 1.165) is 60.9 Å². The first-order valence-corrected chi connectivity index (χ1v) is 24.1. The van der Waals surface area contributed by atoms with Crippen molar-refractivity contribution in [1.29, 1.82) is 0 Å². The van der Waals surface area contributed by atoms with Crippen LogP contribution in [-0.4, -0.2) is 19.1 Å². The van der Waals surface area contributed by atoms with Gasteiger partial charge in [0.1, 0.15) is 0 Å². The molecule has 70 heavy (non-hydrogen) atoms. The third-order valence-electron chi connectivity index (χ3n) is 15.2. The zero-order valence-electron chi connectivity index (χ0n) is 37.7. The van der Waals surface area contributed by atoms with Crippen molar-refractivity contribution >= 4 is 97.6 Å². The van der Waals surface area contributed by atoms with Crippen LogP contribution in [0.15, 0.2) is 231 Å². The molecule has 12 aromatic carbocycles. The van der Waals surface area contributed by atoms with Crippen LogP contribution < -0.4 is 0 Å². The van der Waals surface area contributed by atoms with Gasteiger partial charge in [0.15, 0.2) is 5.82 Å². The van der Waals surface area contributed by atoms with Crippen LogP contribution in [0.3, 0.4) is 0 Å². The molecule has 3 heterocycles. The molecule has 15 aromatic rings. The highest BCUT2D eigenvalue weighted by Crippen LogP contribution is 2.50. The lowest BCUT2D eigenvalue weighted by molar-refractivity contribution is 1.18. The molecule has 0 radical (unpaired) electrons. The van der Waals surface area contributed by atoms with Crippen molar-refractivity contribution in [2.24, 2.45) is 0 Å². The van der Waals surface area contributed by atoms with Crippen LogP contribution in [0, 0.1) is 0 Å². The highest BCUT2D eigenvalue weighted by molar-refractivity contribution is 6.22. The summed E-state index contributed by atoms with van der Waals surface area (Å²) in [6.45, 7) is 0. The summed E-state index contributed by atoms with van der Waals surface area (Å²) in [5, 5.41) is 15.7. The Labute approximate surface area is 401 Å². The molecule has 3 aromatic heterocycles. The average Bonchev–Trinajstić information content (AvgIpc) is 4.06. The predicted octanol–water partition coefficient (Wildman–Crippen LogP) is 17.4. The summed E-state index contributed by atoms with van der Waals surface area (Å²) >= 11 is 0. The number of hydrogen-bond donors (Lipinski definition) is 0. The van der Waals surface area contributed by atoms with Gasteiger partial charge in [0.05, 0.1) is 39.0 Å². The second kappa shape index (κ2) is 14.1. The fraction of sp³-hybridized carbons (Fsp3) is 0. The van der Waals surface area contributed by atoms with Crippen molar-refractivity contribution in [2.45, 2.75) is 0 Å². The van der Waals surface area contributed by atoms with Gasteiger partial charge in [-0.05, 0) is 121 Å². The average molecular weight is 887 g/mol. The third kappa shape index (κ3) is 5.19. The Morgan fingerprint density at radius 1 is 0.286 bits per heavy atom. The number of hydrogen-bond acceptors (Lipinski definition) is 2. The molecule has 0 saturated heterocycles. The summed E-state index contributed by atoms with van der Waals surface area (Å²) in [5.74, 6) is 0.696. The molecule has 0 N–H and O–H groups in total. The van der Waals surface area contributed by atoms with Gasteiger partial charge in [0.25, 0.3) is 0 Å². The van der Waals surface area contributed by atoms with Gasteiger partial charge in [0, 0.05) is 49.1 Å². The molecular weight excluding hydrogens is 849 g/mol. The van der Waals surface area contributed by atoms with Gasteiger partial charge < -0.3 is 9.13 Å². The third-order valence-corrected chi connectivity index (χ3v) is 15.2. The smallest absolute Gasteiger partial charge is 0.160 e. The molecule has 1 aliphatic rings. The van der Waals surface area contributed by atoms with Crippen LogP contribution in [0.25, 0.3) is 154 Å². The zero-order chi connectivity index (χ0) is 45.6. The fourth-order valence-corrected chi connectivity index (χ4v) is 12.1. The Balaban J connectivity index is 0.923. The van der Waals surface area contributed by atoms with E-state index >= 15 is 0 Å². The SMILES string of the molecule is c1ccc2c(c1)-c1cccc3c(-c4nc(-c5cc(-n6c7ccccc7c7cc8ccc(-n9c%10ccccc%10c%10c%11ccccc%11ccc%109)cc8cc76)c6ccccc6c5)nc5ccccc45)ccc-2c13. The molecule has 0 atom stereocenters. The fourth-order valence-electron chi connectivity index (χ4n) is 12.1. The number of fused-ring (bicyclic) bond motifs is 14. The number of rotatable bonds is 4. The molecule has 322 valence electrons. The Hall–Kier alpha value is -9.38. The van der Waals surface area contributed by atoms with Gasteiger partial charge in [0.2, 0.25) is 0 Å².